The molecule has 1 aromatic rings. The summed E-state index contributed by atoms with van der Waals surface area (Å²) in [5.41, 5.74) is 0. The molecule has 1 rings (SSSR count). The highest BCUT2D eigenvalue weighted by Gasteiger charge is 2.19. The predicted octanol–water partition coefficient (Wildman–Crippen LogP) is 1.24. The summed E-state index contributed by atoms with van der Waals surface area (Å²) in [6, 6.07) is 0.100. The molecular formula is C11H16N4O3. The van der Waals surface area contributed by atoms with Crippen LogP contribution in [0.3, 0.4) is 0 Å². The van der Waals surface area contributed by atoms with Crippen molar-refractivity contribution in [3.05, 3.63) is 18.5 Å². The van der Waals surface area contributed by atoms with Crippen LogP contribution in [0.4, 0.5) is 10.7 Å². The summed E-state index contributed by atoms with van der Waals surface area (Å²) >= 11 is 0. The first-order chi connectivity index (χ1) is 8.63. The second kappa shape index (κ2) is 7.21. The molecule has 0 aliphatic carbocycles. The second-order valence-electron chi connectivity index (χ2n) is 3.70. The van der Waals surface area contributed by atoms with Gasteiger partial charge in [0.05, 0.1) is 0 Å². The molecule has 0 aliphatic rings. The molecule has 0 spiro atoms. The van der Waals surface area contributed by atoms with Crippen LogP contribution >= 0.6 is 0 Å². The molecule has 2 amide bonds. The van der Waals surface area contributed by atoms with Crippen molar-refractivity contribution in [2.75, 3.05) is 5.32 Å². The van der Waals surface area contributed by atoms with Crippen molar-refractivity contribution in [2.24, 2.45) is 0 Å². The maximum Gasteiger partial charge on any atom is 0.326 e. The molecule has 18 heavy (non-hydrogen) atoms. The van der Waals surface area contributed by atoms with Crippen molar-refractivity contribution in [3.63, 3.8) is 0 Å². The average molecular weight is 252 g/mol. The van der Waals surface area contributed by atoms with Crippen LogP contribution in [0, 0.1) is 0 Å². The minimum atomic E-state index is -1.05. The van der Waals surface area contributed by atoms with Gasteiger partial charge in [-0.25, -0.2) is 19.6 Å². The van der Waals surface area contributed by atoms with E-state index in [4.69, 9.17) is 5.11 Å². The van der Waals surface area contributed by atoms with E-state index >= 15 is 0 Å². The second-order valence-corrected chi connectivity index (χ2v) is 3.70. The average Bonchev–Trinajstić information content (AvgIpc) is 2.35. The first kappa shape index (κ1) is 13.9. The van der Waals surface area contributed by atoms with Crippen molar-refractivity contribution in [2.45, 2.75) is 32.2 Å². The van der Waals surface area contributed by atoms with Gasteiger partial charge < -0.3 is 10.4 Å². The SMILES string of the molecule is CCCCC(NC(=O)Nc1ncccn1)C(=O)O. The lowest BCUT2D eigenvalue weighted by Crippen LogP contribution is -2.43. The molecule has 0 aliphatic heterocycles. The summed E-state index contributed by atoms with van der Waals surface area (Å²) in [4.78, 5) is 30.0. The quantitative estimate of drug-likeness (QED) is 0.706. The van der Waals surface area contributed by atoms with E-state index in [1.807, 2.05) is 6.92 Å². The van der Waals surface area contributed by atoms with Gasteiger partial charge in [0, 0.05) is 12.4 Å². The molecule has 1 unspecified atom stereocenters. The fraction of sp³-hybridized carbons (Fsp3) is 0.455. The Kier molecular flexibility index (Phi) is 5.56. The number of hydrogen-bond donors (Lipinski definition) is 3. The Hall–Kier alpha value is -2.18. The molecule has 7 nitrogen and oxygen atoms in total. The summed E-state index contributed by atoms with van der Waals surface area (Å²) in [6.07, 6.45) is 4.96. The minimum Gasteiger partial charge on any atom is -0.480 e. The highest BCUT2D eigenvalue weighted by Crippen LogP contribution is 2.01. The Bertz CT molecular complexity index is 397. The third-order valence-electron chi connectivity index (χ3n) is 2.24. The van der Waals surface area contributed by atoms with Crippen LogP contribution in [-0.2, 0) is 4.79 Å². The predicted molar refractivity (Wildman–Crippen MR) is 65.1 cm³/mol. The van der Waals surface area contributed by atoms with E-state index < -0.39 is 18.0 Å². The Morgan fingerprint density at radius 1 is 1.39 bits per heavy atom. The minimum absolute atomic E-state index is 0.134. The number of nitrogens with one attached hydrogen (secondary N) is 2. The van der Waals surface area contributed by atoms with E-state index in [0.717, 1.165) is 12.8 Å². The highest BCUT2D eigenvalue weighted by atomic mass is 16.4. The summed E-state index contributed by atoms with van der Waals surface area (Å²) in [5.74, 6) is -0.915. The number of amides is 2. The van der Waals surface area contributed by atoms with Crippen molar-refractivity contribution in [1.29, 1.82) is 0 Å². The number of carboxylic acids is 1. The molecule has 7 heteroatoms. The van der Waals surface area contributed by atoms with Crippen LogP contribution in [0.1, 0.15) is 26.2 Å². The number of rotatable bonds is 6. The van der Waals surface area contributed by atoms with Crippen molar-refractivity contribution < 1.29 is 14.7 Å². The van der Waals surface area contributed by atoms with Gasteiger partial charge in [0.1, 0.15) is 6.04 Å². The van der Waals surface area contributed by atoms with E-state index in [2.05, 4.69) is 20.6 Å². The Labute approximate surface area is 105 Å². The Morgan fingerprint density at radius 2 is 2.06 bits per heavy atom. The lowest BCUT2D eigenvalue weighted by Gasteiger charge is -2.13. The molecular weight excluding hydrogens is 236 g/mol. The van der Waals surface area contributed by atoms with Crippen molar-refractivity contribution >= 4 is 17.9 Å². The molecule has 1 aromatic heterocycles. The summed E-state index contributed by atoms with van der Waals surface area (Å²) < 4.78 is 0. The first-order valence-electron chi connectivity index (χ1n) is 5.70. The van der Waals surface area contributed by atoms with Gasteiger partial charge in [-0.15, -0.1) is 0 Å². The van der Waals surface area contributed by atoms with Crippen LogP contribution in [0.5, 0.6) is 0 Å². The molecule has 1 heterocycles. The molecule has 1 atom stereocenters. The van der Waals surface area contributed by atoms with Crippen LogP contribution in [0.15, 0.2) is 18.5 Å². The van der Waals surface area contributed by atoms with E-state index in [9.17, 15) is 9.59 Å². The monoisotopic (exact) mass is 252 g/mol. The summed E-state index contributed by atoms with van der Waals surface area (Å²) in [6.45, 7) is 1.96. The number of hydrogen-bond acceptors (Lipinski definition) is 4. The maximum absolute atomic E-state index is 11.5. The number of aliphatic carboxylic acids is 1. The van der Waals surface area contributed by atoms with Gasteiger partial charge in [-0.1, -0.05) is 19.8 Å². The van der Waals surface area contributed by atoms with Gasteiger partial charge in [0.2, 0.25) is 5.95 Å². The van der Waals surface area contributed by atoms with Gasteiger partial charge in [-0.3, -0.25) is 5.32 Å². The van der Waals surface area contributed by atoms with Gasteiger partial charge in [0.25, 0.3) is 0 Å². The van der Waals surface area contributed by atoms with Crippen LogP contribution in [0.2, 0.25) is 0 Å². The number of carboxylic acid groups (broad SMARTS) is 1. The molecule has 0 radical (unpaired) electrons. The normalized spacial score (nSPS) is 11.6. The lowest BCUT2D eigenvalue weighted by atomic mass is 10.1. The third kappa shape index (κ3) is 4.77. The molecule has 0 aromatic carbocycles. The first-order valence-corrected chi connectivity index (χ1v) is 5.70. The largest absolute Gasteiger partial charge is 0.480 e. The van der Waals surface area contributed by atoms with Crippen LogP contribution in [-0.4, -0.2) is 33.1 Å². The lowest BCUT2D eigenvalue weighted by molar-refractivity contribution is -0.139. The van der Waals surface area contributed by atoms with Gasteiger partial charge in [-0.05, 0) is 12.5 Å². The van der Waals surface area contributed by atoms with Gasteiger partial charge in [-0.2, -0.15) is 0 Å². The van der Waals surface area contributed by atoms with Gasteiger partial charge >= 0.3 is 12.0 Å². The smallest absolute Gasteiger partial charge is 0.326 e. The molecule has 98 valence electrons. The fourth-order valence-electron chi connectivity index (χ4n) is 1.33. The zero-order valence-electron chi connectivity index (χ0n) is 10.1. The van der Waals surface area contributed by atoms with Crippen molar-refractivity contribution in [1.82, 2.24) is 15.3 Å². The van der Waals surface area contributed by atoms with E-state index in [0.29, 0.717) is 6.42 Å². The highest BCUT2D eigenvalue weighted by molar-refractivity contribution is 5.90. The Balaban J connectivity index is 2.48. The van der Waals surface area contributed by atoms with Gasteiger partial charge in [0.15, 0.2) is 0 Å². The number of carbonyl (C=O) groups excluding carboxylic acids is 1. The topological polar surface area (TPSA) is 104 Å². The number of unbranched alkanes of at least 4 members (excludes halogenated alkanes) is 1. The summed E-state index contributed by atoms with van der Waals surface area (Å²) in [5, 5.41) is 13.7. The third-order valence-corrected chi connectivity index (χ3v) is 2.24. The standard InChI is InChI=1S/C11H16N4O3/c1-2-3-5-8(9(16)17)14-11(18)15-10-12-6-4-7-13-10/h4,6-8H,2-3,5H2,1H3,(H,16,17)(H2,12,13,14,15,18). The zero-order valence-corrected chi connectivity index (χ0v) is 10.1. The number of urea groups is 1. The maximum atomic E-state index is 11.5. The fourth-order valence-corrected chi connectivity index (χ4v) is 1.33. The van der Waals surface area contributed by atoms with E-state index in [1.165, 1.54) is 12.4 Å². The molecule has 3 N–H and O–H groups in total. The Morgan fingerprint density at radius 3 is 2.61 bits per heavy atom. The van der Waals surface area contributed by atoms with Crippen molar-refractivity contribution in [3.8, 4) is 0 Å². The molecule has 0 saturated carbocycles. The number of anilines is 1. The van der Waals surface area contributed by atoms with Crippen LogP contribution in [0.25, 0.3) is 0 Å². The molecule has 0 fully saturated rings. The summed E-state index contributed by atoms with van der Waals surface area (Å²) in [7, 11) is 0. The zero-order chi connectivity index (χ0) is 13.4. The number of carbonyl (C=O) groups is 2. The number of aromatic nitrogens is 2. The number of nitrogens with zero attached hydrogens (tertiary/aromatic N) is 2. The van der Waals surface area contributed by atoms with E-state index in [1.54, 1.807) is 6.07 Å². The van der Waals surface area contributed by atoms with E-state index in [-0.39, 0.29) is 5.95 Å². The molecule has 0 saturated heterocycles. The van der Waals surface area contributed by atoms with Crippen LogP contribution < -0.4 is 10.6 Å². The molecule has 0 bridgehead atoms.